The Kier molecular flexibility index (Phi) is 4.45. The third-order valence-corrected chi connectivity index (χ3v) is 2.85. The lowest BCUT2D eigenvalue weighted by atomic mass is 10.2. The summed E-state index contributed by atoms with van der Waals surface area (Å²) in [5.74, 6) is -0.0122. The van der Waals surface area contributed by atoms with Gasteiger partial charge in [0.1, 0.15) is 5.52 Å². The normalized spacial score (nSPS) is 10.9. The molecule has 1 amide bonds. The van der Waals surface area contributed by atoms with Gasteiger partial charge in [0.2, 0.25) is 5.91 Å². The summed E-state index contributed by atoms with van der Waals surface area (Å²) in [4.78, 5) is 23.6. The van der Waals surface area contributed by atoms with Crippen LogP contribution >= 0.6 is 0 Å². The second kappa shape index (κ2) is 6.27. The number of carbonyl (C=O) groups excluding carboxylic acids is 1. The van der Waals surface area contributed by atoms with Crippen molar-refractivity contribution in [3.63, 3.8) is 0 Å². The van der Waals surface area contributed by atoms with Crippen LogP contribution in [0.25, 0.3) is 10.9 Å². The molecule has 0 saturated carbocycles. The summed E-state index contributed by atoms with van der Waals surface area (Å²) in [7, 11) is 0. The molecule has 0 aliphatic rings. The molecule has 6 heteroatoms. The van der Waals surface area contributed by atoms with Gasteiger partial charge in [-0.1, -0.05) is 17.3 Å². The smallest absolute Gasteiger partial charge is 0.277 e. The number of hydrogen-bond donors (Lipinski definition) is 1. The van der Waals surface area contributed by atoms with Gasteiger partial charge in [-0.3, -0.25) is 9.59 Å². The molecular weight excluding hydrogens is 256 g/mol. The number of rotatable bonds is 5. The van der Waals surface area contributed by atoms with E-state index in [9.17, 15) is 9.59 Å². The molecule has 0 spiro atoms. The highest BCUT2D eigenvalue weighted by atomic mass is 16.1. The van der Waals surface area contributed by atoms with Gasteiger partial charge in [-0.25, -0.2) is 4.68 Å². The van der Waals surface area contributed by atoms with E-state index >= 15 is 0 Å². The number of benzene rings is 1. The lowest BCUT2D eigenvalue weighted by Gasteiger charge is -2.08. The van der Waals surface area contributed by atoms with Gasteiger partial charge in [0.05, 0.1) is 5.39 Å². The van der Waals surface area contributed by atoms with Gasteiger partial charge in [-0.05, 0) is 32.4 Å². The average Bonchev–Trinajstić information content (AvgIpc) is 2.41. The van der Waals surface area contributed by atoms with Gasteiger partial charge in [0.15, 0.2) is 0 Å². The first kappa shape index (κ1) is 14.2. The molecule has 1 aromatic heterocycles. The summed E-state index contributed by atoms with van der Waals surface area (Å²) in [6, 6.07) is 7.23. The fourth-order valence-electron chi connectivity index (χ4n) is 1.95. The molecule has 2 aromatic rings. The minimum absolute atomic E-state index is 0.0122. The summed E-state index contributed by atoms with van der Waals surface area (Å²) in [6.45, 7) is 4.22. The Morgan fingerprint density at radius 3 is 2.85 bits per heavy atom. The minimum Gasteiger partial charge on any atom is -0.354 e. The Bertz CT molecular complexity index is 664. The molecule has 0 aliphatic heterocycles. The molecule has 0 radical (unpaired) electrons. The fraction of sp³-hybridized carbons (Fsp3) is 0.429. The van der Waals surface area contributed by atoms with Crippen molar-refractivity contribution in [2.75, 3.05) is 0 Å². The number of hydrogen-bond acceptors (Lipinski definition) is 4. The van der Waals surface area contributed by atoms with Crippen LogP contribution in [0.15, 0.2) is 29.1 Å². The zero-order valence-corrected chi connectivity index (χ0v) is 11.7. The van der Waals surface area contributed by atoms with E-state index in [0.29, 0.717) is 30.3 Å². The largest absolute Gasteiger partial charge is 0.354 e. The highest BCUT2D eigenvalue weighted by Gasteiger charge is 2.07. The van der Waals surface area contributed by atoms with Crippen molar-refractivity contribution in [1.29, 1.82) is 0 Å². The molecule has 1 heterocycles. The Labute approximate surface area is 116 Å². The third-order valence-electron chi connectivity index (χ3n) is 2.85. The van der Waals surface area contributed by atoms with Crippen LogP contribution in [0.3, 0.4) is 0 Å². The van der Waals surface area contributed by atoms with Gasteiger partial charge < -0.3 is 5.32 Å². The van der Waals surface area contributed by atoms with Crippen LogP contribution in [-0.2, 0) is 11.3 Å². The molecule has 0 fully saturated rings. The van der Waals surface area contributed by atoms with Crippen molar-refractivity contribution >= 4 is 16.8 Å². The number of aromatic nitrogens is 3. The molecule has 0 aliphatic carbocycles. The van der Waals surface area contributed by atoms with E-state index in [2.05, 4.69) is 15.6 Å². The van der Waals surface area contributed by atoms with Crippen LogP contribution in [0.2, 0.25) is 0 Å². The Morgan fingerprint density at radius 1 is 1.35 bits per heavy atom. The SMILES string of the molecule is CC(C)NC(=O)CCCn1nnc2ccccc2c1=O. The molecule has 0 bridgehead atoms. The molecule has 106 valence electrons. The minimum atomic E-state index is -0.167. The first-order chi connectivity index (χ1) is 9.58. The second-order valence-electron chi connectivity index (χ2n) is 4.96. The zero-order chi connectivity index (χ0) is 14.5. The molecule has 6 nitrogen and oxygen atoms in total. The predicted molar refractivity (Wildman–Crippen MR) is 76.3 cm³/mol. The number of carbonyl (C=O) groups is 1. The van der Waals surface area contributed by atoms with Gasteiger partial charge in [-0.2, -0.15) is 0 Å². The van der Waals surface area contributed by atoms with Gasteiger partial charge in [-0.15, -0.1) is 5.10 Å². The molecule has 1 aromatic carbocycles. The quantitative estimate of drug-likeness (QED) is 0.885. The fourth-order valence-corrected chi connectivity index (χ4v) is 1.95. The molecular formula is C14H18N4O2. The van der Waals surface area contributed by atoms with E-state index in [1.54, 1.807) is 18.2 Å². The van der Waals surface area contributed by atoms with Crippen molar-refractivity contribution in [2.45, 2.75) is 39.3 Å². The van der Waals surface area contributed by atoms with E-state index in [1.165, 1.54) is 4.68 Å². The van der Waals surface area contributed by atoms with Crippen LogP contribution in [0.4, 0.5) is 0 Å². The van der Waals surface area contributed by atoms with Crippen molar-refractivity contribution in [2.24, 2.45) is 0 Å². The van der Waals surface area contributed by atoms with E-state index in [4.69, 9.17) is 0 Å². The van der Waals surface area contributed by atoms with Gasteiger partial charge in [0, 0.05) is 19.0 Å². The molecule has 20 heavy (non-hydrogen) atoms. The van der Waals surface area contributed by atoms with E-state index in [0.717, 1.165) is 0 Å². The van der Waals surface area contributed by atoms with Gasteiger partial charge >= 0.3 is 0 Å². The average molecular weight is 274 g/mol. The third kappa shape index (κ3) is 3.40. The van der Waals surface area contributed by atoms with Crippen LogP contribution in [0, 0.1) is 0 Å². The highest BCUT2D eigenvalue weighted by molar-refractivity contribution is 5.76. The zero-order valence-electron chi connectivity index (χ0n) is 11.7. The highest BCUT2D eigenvalue weighted by Crippen LogP contribution is 2.03. The van der Waals surface area contributed by atoms with Crippen LogP contribution in [0.5, 0.6) is 0 Å². The lowest BCUT2D eigenvalue weighted by molar-refractivity contribution is -0.121. The van der Waals surface area contributed by atoms with Gasteiger partial charge in [0.25, 0.3) is 5.56 Å². The number of fused-ring (bicyclic) bond motifs is 1. The number of aryl methyl sites for hydroxylation is 1. The molecule has 1 N–H and O–H groups in total. The topological polar surface area (TPSA) is 76.9 Å². The lowest BCUT2D eigenvalue weighted by Crippen LogP contribution is -2.30. The summed E-state index contributed by atoms with van der Waals surface area (Å²) < 4.78 is 1.31. The molecule has 0 saturated heterocycles. The van der Waals surface area contributed by atoms with Crippen molar-refractivity contribution < 1.29 is 4.79 Å². The first-order valence-corrected chi connectivity index (χ1v) is 6.70. The second-order valence-corrected chi connectivity index (χ2v) is 4.96. The molecule has 0 atom stereocenters. The maximum Gasteiger partial charge on any atom is 0.277 e. The number of nitrogens with zero attached hydrogens (tertiary/aromatic N) is 3. The van der Waals surface area contributed by atoms with Crippen LogP contribution < -0.4 is 10.9 Å². The summed E-state index contributed by atoms with van der Waals surface area (Å²) >= 11 is 0. The number of amides is 1. The van der Waals surface area contributed by atoms with Crippen molar-refractivity contribution in [3.05, 3.63) is 34.6 Å². The van der Waals surface area contributed by atoms with E-state index < -0.39 is 0 Å². The Hall–Kier alpha value is -2.24. The Balaban J connectivity index is 2.02. The molecule has 0 unspecified atom stereocenters. The maximum atomic E-state index is 12.1. The van der Waals surface area contributed by atoms with Crippen LogP contribution in [0.1, 0.15) is 26.7 Å². The molecule has 2 rings (SSSR count). The standard InChI is InChI=1S/C14H18N4O2/c1-10(2)15-13(19)8-5-9-18-14(20)11-6-3-4-7-12(11)16-17-18/h3-4,6-7,10H,5,8-9H2,1-2H3,(H,15,19). The van der Waals surface area contributed by atoms with Crippen LogP contribution in [-0.4, -0.2) is 26.9 Å². The van der Waals surface area contributed by atoms with Crippen molar-refractivity contribution in [3.8, 4) is 0 Å². The summed E-state index contributed by atoms with van der Waals surface area (Å²) in [6.07, 6.45) is 0.935. The predicted octanol–water partition coefficient (Wildman–Crippen LogP) is 1.10. The van der Waals surface area contributed by atoms with E-state index in [1.807, 2.05) is 19.9 Å². The first-order valence-electron chi connectivity index (χ1n) is 6.70. The Morgan fingerprint density at radius 2 is 2.10 bits per heavy atom. The van der Waals surface area contributed by atoms with E-state index in [-0.39, 0.29) is 17.5 Å². The monoisotopic (exact) mass is 274 g/mol. The maximum absolute atomic E-state index is 12.1. The van der Waals surface area contributed by atoms with Crippen molar-refractivity contribution in [1.82, 2.24) is 20.3 Å². The summed E-state index contributed by atoms with van der Waals surface area (Å²) in [5.41, 5.74) is 0.422. The number of nitrogens with one attached hydrogen (secondary N) is 1. The summed E-state index contributed by atoms with van der Waals surface area (Å²) in [5, 5.41) is 11.2.